The molecule has 0 aliphatic rings. The van der Waals surface area contributed by atoms with E-state index in [1.807, 2.05) is 24.3 Å². The number of nitrogens with zero attached hydrogens (tertiary/aromatic N) is 5. The van der Waals surface area contributed by atoms with Crippen molar-refractivity contribution in [2.45, 2.75) is 0 Å². The number of aromatic nitrogens is 4. The van der Waals surface area contributed by atoms with E-state index in [-0.39, 0.29) is 11.6 Å². The van der Waals surface area contributed by atoms with Crippen LogP contribution in [-0.2, 0) is 0 Å². The van der Waals surface area contributed by atoms with Crippen molar-refractivity contribution >= 4 is 38.3 Å². The Morgan fingerprint density at radius 1 is 1.18 bits per heavy atom. The summed E-state index contributed by atoms with van der Waals surface area (Å²) in [6, 6.07) is 7.76. The highest BCUT2D eigenvalue weighted by Gasteiger charge is 2.19. The highest BCUT2D eigenvalue weighted by atomic mass is 79.9. The van der Waals surface area contributed by atoms with E-state index < -0.39 is 0 Å². The second-order valence-electron chi connectivity index (χ2n) is 4.35. The van der Waals surface area contributed by atoms with Gasteiger partial charge in [-0.25, -0.2) is 4.98 Å². The largest absolute Gasteiger partial charge is 0.284 e. The molecule has 2 aromatic heterocycles. The van der Waals surface area contributed by atoms with Crippen molar-refractivity contribution in [1.29, 1.82) is 0 Å². The van der Waals surface area contributed by atoms with Crippen LogP contribution in [0.4, 0.5) is 5.13 Å². The van der Waals surface area contributed by atoms with Crippen LogP contribution in [0.2, 0.25) is 0 Å². The molecule has 110 valence electrons. The van der Waals surface area contributed by atoms with Crippen molar-refractivity contribution in [3.63, 3.8) is 0 Å². The zero-order chi connectivity index (χ0) is 15.5. The van der Waals surface area contributed by atoms with Crippen molar-refractivity contribution in [1.82, 2.24) is 20.2 Å². The molecule has 0 spiro atoms. The van der Waals surface area contributed by atoms with Gasteiger partial charge in [-0.2, -0.15) is 0 Å². The zero-order valence-electron chi connectivity index (χ0n) is 11.5. The predicted molar refractivity (Wildman–Crippen MR) is 87.8 cm³/mol. The minimum atomic E-state index is -0.272. The molecule has 0 atom stereocenters. The third-order valence-electron chi connectivity index (χ3n) is 2.88. The van der Waals surface area contributed by atoms with Gasteiger partial charge in [0.05, 0.1) is 6.20 Å². The number of amides is 1. The average Bonchev–Trinajstić information content (AvgIpc) is 3.05. The third-order valence-corrected chi connectivity index (χ3v) is 4.46. The van der Waals surface area contributed by atoms with E-state index in [1.54, 1.807) is 7.05 Å². The number of anilines is 1. The molecule has 0 N–H and O–H groups in total. The van der Waals surface area contributed by atoms with Crippen LogP contribution in [0.5, 0.6) is 0 Å². The van der Waals surface area contributed by atoms with Gasteiger partial charge in [-0.15, -0.1) is 10.2 Å². The van der Waals surface area contributed by atoms with Crippen LogP contribution in [0.15, 0.2) is 47.3 Å². The van der Waals surface area contributed by atoms with E-state index in [9.17, 15) is 4.79 Å². The molecular weight excluding hydrogens is 366 g/mol. The summed E-state index contributed by atoms with van der Waals surface area (Å²) in [7, 11) is 1.64. The van der Waals surface area contributed by atoms with Crippen LogP contribution in [0.25, 0.3) is 10.6 Å². The van der Waals surface area contributed by atoms with Crippen LogP contribution in [-0.4, -0.2) is 33.1 Å². The van der Waals surface area contributed by atoms with Crippen molar-refractivity contribution in [2.24, 2.45) is 0 Å². The fourth-order valence-electron chi connectivity index (χ4n) is 1.73. The van der Waals surface area contributed by atoms with Crippen LogP contribution in [0, 0.1) is 0 Å². The molecule has 6 nitrogen and oxygen atoms in total. The lowest BCUT2D eigenvalue weighted by atomic mass is 10.2. The van der Waals surface area contributed by atoms with Gasteiger partial charge in [-0.3, -0.25) is 14.7 Å². The fourth-order valence-corrected chi connectivity index (χ4v) is 2.80. The Morgan fingerprint density at radius 2 is 1.95 bits per heavy atom. The maximum atomic E-state index is 12.3. The molecule has 0 saturated heterocycles. The summed E-state index contributed by atoms with van der Waals surface area (Å²) in [5, 5.41) is 9.47. The lowest BCUT2D eigenvalue weighted by molar-refractivity contribution is 0.0987. The van der Waals surface area contributed by atoms with Gasteiger partial charge in [0.1, 0.15) is 10.7 Å². The Morgan fingerprint density at radius 3 is 2.64 bits per heavy atom. The molecule has 0 bridgehead atoms. The number of hydrogen-bond acceptors (Lipinski definition) is 6. The van der Waals surface area contributed by atoms with Gasteiger partial charge in [0.2, 0.25) is 5.13 Å². The molecule has 0 radical (unpaired) electrons. The maximum Gasteiger partial charge on any atom is 0.280 e. The van der Waals surface area contributed by atoms with E-state index in [0.717, 1.165) is 15.0 Å². The molecule has 1 aromatic carbocycles. The highest BCUT2D eigenvalue weighted by molar-refractivity contribution is 9.10. The summed E-state index contributed by atoms with van der Waals surface area (Å²) >= 11 is 4.74. The van der Waals surface area contributed by atoms with Gasteiger partial charge in [-0.1, -0.05) is 39.4 Å². The first kappa shape index (κ1) is 14.7. The Labute approximate surface area is 139 Å². The quantitative estimate of drug-likeness (QED) is 0.703. The molecule has 3 rings (SSSR count). The zero-order valence-corrected chi connectivity index (χ0v) is 13.9. The van der Waals surface area contributed by atoms with E-state index >= 15 is 0 Å². The van der Waals surface area contributed by atoms with Gasteiger partial charge >= 0.3 is 0 Å². The number of halogens is 1. The predicted octanol–water partition coefficient (Wildman–Crippen LogP) is 3.03. The van der Waals surface area contributed by atoms with Crippen molar-refractivity contribution in [3.8, 4) is 10.6 Å². The first-order chi connectivity index (χ1) is 10.6. The number of rotatable bonds is 3. The van der Waals surface area contributed by atoms with Crippen molar-refractivity contribution in [3.05, 3.63) is 53.0 Å². The highest BCUT2D eigenvalue weighted by Crippen LogP contribution is 2.29. The summed E-state index contributed by atoms with van der Waals surface area (Å²) in [6.45, 7) is 0. The molecule has 1 amide bonds. The van der Waals surface area contributed by atoms with Crippen LogP contribution >= 0.6 is 27.3 Å². The number of carbonyl (C=O) groups excluding carboxylic acids is 1. The van der Waals surface area contributed by atoms with Gasteiger partial charge < -0.3 is 0 Å². The molecule has 0 unspecified atom stereocenters. The second kappa shape index (κ2) is 6.29. The van der Waals surface area contributed by atoms with Gasteiger partial charge in [0, 0.05) is 29.5 Å². The lowest BCUT2D eigenvalue weighted by Gasteiger charge is -2.11. The molecule has 0 aliphatic heterocycles. The minimum absolute atomic E-state index is 0.269. The van der Waals surface area contributed by atoms with Gasteiger partial charge in [0.25, 0.3) is 5.91 Å². The topological polar surface area (TPSA) is 71.9 Å². The van der Waals surface area contributed by atoms with E-state index in [0.29, 0.717) is 5.13 Å². The van der Waals surface area contributed by atoms with E-state index in [1.165, 1.54) is 34.8 Å². The summed E-state index contributed by atoms with van der Waals surface area (Å²) in [5.41, 5.74) is 1.22. The Balaban J connectivity index is 1.84. The van der Waals surface area contributed by atoms with Crippen molar-refractivity contribution in [2.75, 3.05) is 11.9 Å². The SMILES string of the molecule is CN(C(=O)c1cnccn1)c1nnc(-c2ccc(Br)cc2)s1. The molecule has 2 heterocycles. The second-order valence-corrected chi connectivity index (χ2v) is 6.22. The summed E-state index contributed by atoms with van der Waals surface area (Å²) in [6.07, 6.45) is 4.43. The van der Waals surface area contributed by atoms with E-state index in [2.05, 4.69) is 36.1 Å². The van der Waals surface area contributed by atoms with Crippen LogP contribution in [0.3, 0.4) is 0 Å². The molecule has 3 aromatic rings. The Kier molecular flexibility index (Phi) is 4.21. The van der Waals surface area contributed by atoms with Gasteiger partial charge in [-0.05, 0) is 12.1 Å². The fraction of sp³-hybridized carbons (Fsp3) is 0.0714. The van der Waals surface area contributed by atoms with Gasteiger partial charge in [0.15, 0.2) is 0 Å². The first-order valence-corrected chi connectivity index (χ1v) is 7.89. The summed E-state index contributed by atoms with van der Waals surface area (Å²) in [5.74, 6) is -0.272. The normalized spacial score (nSPS) is 10.5. The monoisotopic (exact) mass is 375 g/mol. The lowest BCUT2D eigenvalue weighted by Crippen LogP contribution is -2.27. The van der Waals surface area contributed by atoms with E-state index in [4.69, 9.17) is 0 Å². The summed E-state index contributed by atoms with van der Waals surface area (Å²) < 4.78 is 0.996. The third kappa shape index (κ3) is 3.02. The Bertz CT molecular complexity index is 791. The number of benzene rings is 1. The Hall–Kier alpha value is -2.19. The standard InChI is InChI=1S/C14H10BrN5OS/c1-20(13(21)11-8-16-6-7-17-11)14-19-18-12(22-14)9-2-4-10(15)5-3-9/h2-8H,1H3. The van der Waals surface area contributed by atoms with Crippen LogP contribution in [0.1, 0.15) is 10.5 Å². The van der Waals surface area contributed by atoms with Crippen LogP contribution < -0.4 is 4.90 Å². The minimum Gasteiger partial charge on any atom is -0.284 e. The molecule has 0 saturated carbocycles. The first-order valence-electron chi connectivity index (χ1n) is 6.28. The van der Waals surface area contributed by atoms with Crippen molar-refractivity contribution < 1.29 is 4.79 Å². The summed E-state index contributed by atoms with van der Waals surface area (Å²) in [4.78, 5) is 21.6. The number of hydrogen-bond donors (Lipinski definition) is 0. The molecule has 0 aliphatic carbocycles. The molecule has 22 heavy (non-hydrogen) atoms. The molecule has 0 fully saturated rings. The smallest absolute Gasteiger partial charge is 0.280 e. The maximum absolute atomic E-state index is 12.3. The molecular formula is C14H10BrN5OS. The number of carbonyl (C=O) groups is 1. The molecule has 8 heteroatoms. The average molecular weight is 376 g/mol.